The summed E-state index contributed by atoms with van der Waals surface area (Å²) in [5.74, 6) is 0.198. The summed E-state index contributed by atoms with van der Waals surface area (Å²) < 4.78 is 24.3. The minimum atomic E-state index is -3.10. The van der Waals surface area contributed by atoms with E-state index in [1.165, 1.54) is 0 Å². The van der Waals surface area contributed by atoms with Crippen molar-refractivity contribution in [2.75, 3.05) is 18.8 Å². The predicted molar refractivity (Wildman–Crippen MR) is 86.6 cm³/mol. The number of benzene rings is 1. The van der Waals surface area contributed by atoms with Crippen LogP contribution in [0.2, 0.25) is 0 Å². The van der Waals surface area contributed by atoms with E-state index in [-0.39, 0.29) is 17.6 Å². The first-order chi connectivity index (χ1) is 10.4. The first kappa shape index (κ1) is 15.1. The van der Waals surface area contributed by atoms with E-state index in [4.69, 9.17) is 0 Å². The average molecular weight is 320 g/mol. The number of hydrogen-bond donors (Lipinski definition) is 1. The minimum absolute atomic E-state index is 0.103. The Balaban J connectivity index is 1.72. The molecular weight excluding hydrogens is 300 g/mol. The number of rotatable bonds is 4. The molecule has 2 aromatic rings. The van der Waals surface area contributed by atoms with Gasteiger partial charge >= 0.3 is 0 Å². The van der Waals surface area contributed by atoms with Gasteiger partial charge in [-0.2, -0.15) is 0 Å². The number of aromatic nitrogens is 1. The van der Waals surface area contributed by atoms with Gasteiger partial charge in [-0.05, 0) is 12.0 Å². The predicted octanol–water partition coefficient (Wildman–Crippen LogP) is 2.06. The zero-order valence-electron chi connectivity index (χ0n) is 12.7. The highest BCUT2D eigenvalue weighted by molar-refractivity contribution is 7.92. The van der Waals surface area contributed by atoms with Crippen molar-refractivity contribution in [1.29, 1.82) is 0 Å². The summed E-state index contributed by atoms with van der Waals surface area (Å²) in [5.41, 5.74) is 1.52. The van der Waals surface area contributed by atoms with E-state index >= 15 is 0 Å². The molecule has 0 spiro atoms. The van der Waals surface area contributed by atoms with Crippen LogP contribution in [-0.4, -0.2) is 48.3 Å². The maximum atomic E-state index is 12.5. The lowest BCUT2D eigenvalue weighted by atomic mass is 10.1. The standard InChI is InChI=1S/C16H20N2O3S/c1-11(2)10-22(20,21)12-8-18(9-12)16(19)14-7-17-15-6-4-3-5-13(14)15/h3-7,11-12,17H,8-10H2,1-2H3. The molecular formula is C16H20N2O3S. The quantitative estimate of drug-likeness (QED) is 0.937. The summed E-state index contributed by atoms with van der Waals surface area (Å²) in [6, 6.07) is 7.61. The second-order valence-electron chi connectivity index (χ2n) is 6.30. The summed E-state index contributed by atoms with van der Waals surface area (Å²) in [6.45, 7) is 4.39. The number of H-pyrrole nitrogens is 1. The van der Waals surface area contributed by atoms with Gasteiger partial charge in [0.25, 0.3) is 5.91 Å². The molecule has 1 fully saturated rings. The van der Waals surface area contributed by atoms with Crippen LogP contribution in [0.1, 0.15) is 24.2 Å². The van der Waals surface area contributed by atoms with E-state index in [0.29, 0.717) is 18.7 Å². The normalized spacial score (nSPS) is 16.2. The number of carbonyl (C=O) groups excluding carboxylic acids is 1. The Kier molecular flexibility index (Phi) is 3.72. The summed E-state index contributed by atoms with van der Waals surface area (Å²) in [4.78, 5) is 17.2. The number of aromatic amines is 1. The highest BCUT2D eigenvalue weighted by Gasteiger charge is 2.40. The average Bonchev–Trinajstić information content (AvgIpc) is 2.78. The van der Waals surface area contributed by atoms with Crippen LogP contribution in [0.5, 0.6) is 0 Å². The summed E-state index contributed by atoms with van der Waals surface area (Å²) in [5, 5.41) is 0.463. The molecule has 1 aromatic heterocycles. The third-order valence-corrected chi connectivity index (χ3v) is 6.47. The first-order valence-corrected chi connectivity index (χ1v) is 9.17. The molecule has 22 heavy (non-hydrogen) atoms. The Morgan fingerprint density at radius 3 is 2.68 bits per heavy atom. The molecule has 0 aliphatic carbocycles. The van der Waals surface area contributed by atoms with Gasteiger partial charge in [-0.1, -0.05) is 32.0 Å². The first-order valence-electron chi connectivity index (χ1n) is 7.45. The molecule has 3 rings (SSSR count). The number of para-hydroxylation sites is 1. The van der Waals surface area contributed by atoms with Crippen LogP contribution in [0.15, 0.2) is 30.5 Å². The largest absolute Gasteiger partial charge is 0.360 e. The smallest absolute Gasteiger partial charge is 0.256 e. The Morgan fingerprint density at radius 1 is 1.32 bits per heavy atom. The fraction of sp³-hybridized carbons (Fsp3) is 0.438. The lowest BCUT2D eigenvalue weighted by Crippen LogP contribution is -2.57. The van der Waals surface area contributed by atoms with Gasteiger partial charge in [-0.3, -0.25) is 4.79 Å². The van der Waals surface area contributed by atoms with E-state index in [9.17, 15) is 13.2 Å². The topological polar surface area (TPSA) is 70.2 Å². The number of amides is 1. The molecule has 2 heterocycles. The lowest BCUT2D eigenvalue weighted by molar-refractivity contribution is 0.0661. The highest BCUT2D eigenvalue weighted by atomic mass is 32.2. The van der Waals surface area contributed by atoms with E-state index in [0.717, 1.165) is 10.9 Å². The maximum Gasteiger partial charge on any atom is 0.256 e. The molecule has 1 aromatic carbocycles. The zero-order valence-corrected chi connectivity index (χ0v) is 13.6. The van der Waals surface area contributed by atoms with Crippen LogP contribution in [0.25, 0.3) is 10.9 Å². The van der Waals surface area contributed by atoms with Crippen molar-refractivity contribution in [1.82, 2.24) is 9.88 Å². The van der Waals surface area contributed by atoms with Crippen LogP contribution < -0.4 is 0 Å². The Hall–Kier alpha value is -1.82. The van der Waals surface area contributed by atoms with Gasteiger partial charge in [0.15, 0.2) is 9.84 Å². The molecule has 1 aliphatic rings. The van der Waals surface area contributed by atoms with Crippen molar-refractivity contribution in [3.63, 3.8) is 0 Å². The van der Waals surface area contributed by atoms with Gasteiger partial charge in [0.05, 0.1) is 16.6 Å². The second kappa shape index (κ2) is 5.43. The molecule has 1 amide bonds. The number of fused-ring (bicyclic) bond motifs is 1. The number of carbonyl (C=O) groups is 1. The van der Waals surface area contributed by atoms with Crippen molar-refractivity contribution >= 4 is 26.6 Å². The van der Waals surface area contributed by atoms with Gasteiger partial charge < -0.3 is 9.88 Å². The van der Waals surface area contributed by atoms with Gasteiger partial charge in [0.2, 0.25) is 0 Å². The monoisotopic (exact) mass is 320 g/mol. The minimum Gasteiger partial charge on any atom is -0.360 e. The van der Waals surface area contributed by atoms with Crippen molar-refractivity contribution < 1.29 is 13.2 Å². The third kappa shape index (κ3) is 2.63. The second-order valence-corrected chi connectivity index (χ2v) is 8.63. The van der Waals surface area contributed by atoms with Crippen LogP contribution in [0, 0.1) is 5.92 Å². The van der Waals surface area contributed by atoms with Crippen LogP contribution in [0.4, 0.5) is 0 Å². The molecule has 0 saturated carbocycles. The molecule has 0 radical (unpaired) electrons. The summed E-state index contributed by atoms with van der Waals surface area (Å²) >= 11 is 0. The molecule has 1 aliphatic heterocycles. The van der Waals surface area contributed by atoms with Gasteiger partial charge in [0, 0.05) is 30.2 Å². The Labute approximate surface area is 130 Å². The number of likely N-dealkylation sites (tertiary alicyclic amines) is 1. The fourth-order valence-corrected chi connectivity index (χ4v) is 4.87. The molecule has 118 valence electrons. The molecule has 0 unspecified atom stereocenters. The number of hydrogen-bond acceptors (Lipinski definition) is 3. The Bertz CT molecular complexity index is 802. The SMILES string of the molecule is CC(C)CS(=O)(=O)C1CN(C(=O)c2c[nH]c3ccccc23)C1. The summed E-state index contributed by atoms with van der Waals surface area (Å²) in [6.07, 6.45) is 1.70. The van der Waals surface area contributed by atoms with Crippen molar-refractivity contribution in [2.24, 2.45) is 5.92 Å². The Morgan fingerprint density at radius 2 is 2.00 bits per heavy atom. The van der Waals surface area contributed by atoms with Crippen molar-refractivity contribution in [2.45, 2.75) is 19.1 Å². The lowest BCUT2D eigenvalue weighted by Gasteiger charge is -2.38. The van der Waals surface area contributed by atoms with E-state index < -0.39 is 15.1 Å². The number of nitrogens with zero attached hydrogens (tertiary/aromatic N) is 1. The van der Waals surface area contributed by atoms with E-state index in [2.05, 4.69) is 4.98 Å². The van der Waals surface area contributed by atoms with E-state index in [1.807, 2.05) is 38.1 Å². The molecule has 0 atom stereocenters. The van der Waals surface area contributed by atoms with Crippen molar-refractivity contribution in [3.8, 4) is 0 Å². The van der Waals surface area contributed by atoms with Gasteiger partial charge in [0.1, 0.15) is 0 Å². The van der Waals surface area contributed by atoms with Gasteiger partial charge in [-0.25, -0.2) is 8.42 Å². The third-order valence-electron chi connectivity index (χ3n) is 4.03. The zero-order chi connectivity index (χ0) is 15.9. The van der Waals surface area contributed by atoms with Crippen LogP contribution in [-0.2, 0) is 9.84 Å². The molecule has 5 nitrogen and oxygen atoms in total. The highest BCUT2D eigenvalue weighted by Crippen LogP contribution is 2.24. The maximum absolute atomic E-state index is 12.5. The molecule has 6 heteroatoms. The number of sulfone groups is 1. The summed E-state index contributed by atoms with van der Waals surface area (Å²) in [7, 11) is -3.10. The van der Waals surface area contributed by atoms with Crippen LogP contribution >= 0.6 is 0 Å². The number of nitrogens with one attached hydrogen (secondary N) is 1. The van der Waals surface area contributed by atoms with Crippen molar-refractivity contribution in [3.05, 3.63) is 36.0 Å². The fourth-order valence-electron chi connectivity index (χ4n) is 2.85. The molecule has 1 saturated heterocycles. The molecule has 1 N–H and O–H groups in total. The van der Waals surface area contributed by atoms with Crippen LogP contribution in [0.3, 0.4) is 0 Å². The van der Waals surface area contributed by atoms with E-state index in [1.54, 1.807) is 11.1 Å². The van der Waals surface area contributed by atoms with Gasteiger partial charge in [-0.15, -0.1) is 0 Å². The molecule has 0 bridgehead atoms.